The lowest BCUT2D eigenvalue weighted by atomic mass is 10.1. The van der Waals surface area contributed by atoms with E-state index in [0.29, 0.717) is 12.4 Å². The maximum absolute atomic E-state index is 4.93. The molecule has 1 fully saturated rings. The molecule has 4 aromatic heterocycles. The molecule has 5 aromatic rings. The van der Waals surface area contributed by atoms with Crippen molar-refractivity contribution in [2.45, 2.75) is 6.54 Å². The zero-order valence-corrected chi connectivity index (χ0v) is 20.9. The van der Waals surface area contributed by atoms with E-state index in [1.165, 1.54) is 0 Å². The number of pyridine rings is 2. The van der Waals surface area contributed by atoms with Crippen LogP contribution >= 0.6 is 11.3 Å². The van der Waals surface area contributed by atoms with Gasteiger partial charge >= 0.3 is 0 Å². The second-order valence-corrected chi connectivity index (χ2v) is 9.83. The number of hydrogen-bond acceptors (Lipinski definition) is 8. The molecule has 0 saturated carbocycles. The molecule has 1 aliphatic rings. The van der Waals surface area contributed by atoms with Crippen molar-refractivity contribution in [1.29, 1.82) is 0 Å². The molecule has 0 amide bonds. The van der Waals surface area contributed by atoms with Gasteiger partial charge in [0.2, 0.25) is 0 Å². The lowest BCUT2D eigenvalue weighted by molar-refractivity contribution is 0.312. The molecule has 1 N–H and O–H groups in total. The van der Waals surface area contributed by atoms with Crippen molar-refractivity contribution in [2.24, 2.45) is 0 Å². The molecule has 5 heterocycles. The lowest BCUT2D eigenvalue weighted by Gasteiger charge is -2.33. The van der Waals surface area contributed by atoms with E-state index in [0.717, 1.165) is 70.4 Å². The van der Waals surface area contributed by atoms with Crippen LogP contribution in [0.2, 0.25) is 0 Å². The minimum atomic E-state index is 0.619. The first-order chi connectivity index (χ1) is 17.7. The number of nitrogens with zero attached hydrogens (tertiary/aromatic N) is 6. The molecule has 0 atom stereocenters. The van der Waals surface area contributed by atoms with Gasteiger partial charge in [-0.1, -0.05) is 42.5 Å². The Morgan fingerprint density at radius 3 is 2.47 bits per heavy atom. The SMILES string of the molecule is CN1CCN(c2ccc(CNc3nc(-c4ccccn4)nc4scc(-c5ccccc5)c34)cn2)CC1. The highest BCUT2D eigenvalue weighted by Crippen LogP contribution is 2.38. The van der Waals surface area contributed by atoms with Crippen LogP contribution in [-0.2, 0) is 6.54 Å². The van der Waals surface area contributed by atoms with Crippen LogP contribution in [0.1, 0.15) is 5.56 Å². The number of fused-ring (bicyclic) bond motifs is 1. The molecule has 1 saturated heterocycles. The number of nitrogens with one attached hydrogen (secondary N) is 1. The molecular weight excluding hydrogens is 466 g/mol. The minimum Gasteiger partial charge on any atom is -0.365 e. The van der Waals surface area contributed by atoms with Gasteiger partial charge in [-0.2, -0.15) is 0 Å². The predicted octanol–water partition coefficient (Wildman–Crippen LogP) is 5.18. The number of aromatic nitrogens is 4. The van der Waals surface area contributed by atoms with Crippen LogP contribution in [0.3, 0.4) is 0 Å². The van der Waals surface area contributed by atoms with Gasteiger partial charge in [0.1, 0.15) is 22.2 Å². The van der Waals surface area contributed by atoms with E-state index >= 15 is 0 Å². The van der Waals surface area contributed by atoms with E-state index in [1.807, 2.05) is 30.5 Å². The van der Waals surface area contributed by atoms with Gasteiger partial charge in [-0.05, 0) is 36.4 Å². The highest BCUT2D eigenvalue weighted by Gasteiger charge is 2.18. The van der Waals surface area contributed by atoms with Crippen LogP contribution < -0.4 is 10.2 Å². The summed E-state index contributed by atoms with van der Waals surface area (Å²) in [7, 11) is 2.17. The first kappa shape index (κ1) is 22.6. The van der Waals surface area contributed by atoms with Gasteiger partial charge in [0.15, 0.2) is 5.82 Å². The minimum absolute atomic E-state index is 0.619. The Kier molecular flexibility index (Phi) is 6.27. The van der Waals surface area contributed by atoms with Crippen molar-refractivity contribution >= 4 is 33.2 Å². The predicted molar refractivity (Wildman–Crippen MR) is 147 cm³/mol. The average molecular weight is 494 g/mol. The number of benzene rings is 1. The molecule has 0 spiro atoms. The molecule has 0 unspecified atom stereocenters. The largest absolute Gasteiger partial charge is 0.365 e. The topological polar surface area (TPSA) is 70.1 Å². The van der Waals surface area contributed by atoms with Gasteiger partial charge in [0.05, 0.1) is 5.39 Å². The number of rotatable bonds is 6. The molecule has 8 heteroatoms. The molecular formula is C28H27N7S. The Morgan fingerprint density at radius 2 is 1.72 bits per heavy atom. The fourth-order valence-electron chi connectivity index (χ4n) is 4.44. The maximum atomic E-state index is 4.93. The Hall–Kier alpha value is -3.88. The van der Waals surface area contributed by atoms with Gasteiger partial charge in [0.25, 0.3) is 0 Å². The van der Waals surface area contributed by atoms with E-state index in [1.54, 1.807) is 17.5 Å². The van der Waals surface area contributed by atoms with Gasteiger partial charge < -0.3 is 15.1 Å². The summed E-state index contributed by atoms with van der Waals surface area (Å²) >= 11 is 1.63. The normalized spacial score (nSPS) is 14.3. The van der Waals surface area contributed by atoms with Crippen molar-refractivity contribution in [2.75, 3.05) is 43.4 Å². The van der Waals surface area contributed by atoms with Gasteiger partial charge in [-0.3, -0.25) is 4.98 Å². The number of piperazine rings is 1. The molecule has 0 bridgehead atoms. The van der Waals surface area contributed by atoms with E-state index in [-0.39, 0.29) is 0 Å². The molecule has 1 aliphatic heterocycles. The Bertz CT molecular complexity index is 1440. The van der Waals surface area contributed by atoms with E-state index in [4.69, 9.17) is 15.0 Å². The summed E-state index contributed by atoms with van der Waals surface area (Å²) in [4.78, 5) is 24.7. The maximum Gasteiger partial charge on any atom is 0.181 e. The standard InChI is InChI=1S/C28H27N7S/c1-34-13-15-35(16-14-34)24-11-10-20(17-30-24)18-31-27-25-22(21-7-3-2-4-8-21)19-36-28(25)33-26(32-27)23-9-5-6-12-29-23/h2-12,17,19H,13-16,18H2,1H3,(H,31,32,33). The van der Waals surface area contributed by atoms with Crippen molar-refractivity contribution in [1.82, 2.24) is 24.8 Å². The van der Waals surface area contributed by atoms with Crippen molar-refractivity contribution in [3.63, 3.8) is 0 Å². The molecule has 1 aromatic carbocycles. The van der Waals surface area contributed by atoms with Crippen molar-refractivity contribution < 1.29 is 0 Å². The van der Waals surface area contributed by atoms with Crippen LogP contribution in [0, 0.1) is 0 Å². The van der Waals surface area contributed by atoms with E-state index < -0.39 is 0 Å². The average Bonchev–Trinajstić information content (AvgIpc) is 3.38. The van der Waals surface area contributed by atoms with Crippen LogP contribution in [0.5, 0.6) is 0 Å². The number of hydrogen-bond donors (Lipinski definition) is 1. The summed E-state index contributed by atoms with van der Waals surface area (Å²) in [6.45, 7) is 4.77. The first-order valence-electron chi connectivity index (χ1n) is 12.1. The molecule has 0 radical (unpaired) electrons. The van der Waals surface area contributed by atoms with Gasteiger partial charge in [-0.25, -0.2) is 15.0 Å². The highest BCUT2D eigenvalue weighted by molar-refractivity contribution is 7.17. The smallest absolute Gasteiger partial charge is 0.181 e. The number of thiophene rings is 1. The summed E-state index contributed by atoms with van der Waals surface area (Å²) in [6.07, 6.45) is 3.73. The molecule has 7 nitrogen and oxygen atoms in total. The first-order valence-corrected chi connectivity index (χ1v) is 13.0. The van der Waals surface area contributed by atoms with Crippen LogP contribution in [0.25, 0.3) is 32.9 Å². The zero-order valence-electron chi connectivity index (χ0n) is 20.1. The summed E-state index contributed by atoms with van der Waals surface area (Å²) in [5, 5.41) is 6.78. The summed E-state index contributed by atoms with van der Waals surface area (Å²) in [5.74, 6) is 2.47. The molecule has 36 heavy (non-hydrogen) atoms. The molecule has 6 rings (SSSR count). The third-order valence-corrected chi connectivity index (χ3v) is 7.38. The van der Waals surface area contributed by atoms with Crippen LogP contribution in [0.15, 0.2) is 78.4 Å². The lowest BCUT2D eigenvalue weighted by Crippen LogP contribution is -2.44. The third-order valence-electron chi connectivity index (χ3n) is 6.51. The highest BCUT2D eigenvalue weighted by atomic mass is 32.1. The number of likely N-dealkylation sites (N-methyl/N-ethyl adjacent to an activating group) is 1. The second kappa shape index (κ2) is 10.0. The van der Waals surface area contributed by atoms with E-state index in [9.17, 15) is 0 Å². The fourth-order valence-corrected chi connectivity index (χ4v) is 5.39. The summed E-state index contributed by atoms with van der Waals surface area (Å²) in [6, 6.07) is 20.5. The Labute approximate surface area is 214 Å². The third kappa shape index (κ3) is 4.65. The van der Waals surface area contributed by atoms with Gasteiger partial charge in [-0.15, -0.1) is 11.3 Å². The summed E-state index contributed by atoms with van der Waals surface area (Å²) < 4.78 is 0. The monoisotopic (exact) mass is 493 g/mol. The van der Waals surface area contributed by atoms with E-state index in [2.05, 4.69) is 68.9 Å². The Balaban J connectivity index is 1.31. The Morgan fingerprint density at radius 1 is 0.889 bits per heavy atom. The number of anilines is 2. The van der Waals surface area contributed by atoms with Crippen molar-refractivity contribution in [3.05, 3.63) is 84.0 Å². The summed E-state index contributed by atoms with van der Waals surface area (Å²) in [5.41, 5.74) is 4.15. The molecule has 0 aliphatic carbocycles. The van der Waals surface area contributed by atoms with Crippen LogP contribution in [-0.4, -0.2) is 58.1 Å². The van der Waals surface area contributed by atoms with Crippen molar-refractivity contribution in [3.8, 4) is 22.6 Å². The quantitative estimate of drug-likeness (QED) is 0.350. The molecule has 180 valence electrons. The van der Waals surface area contributed by atoms with Crippen LogP contribution in [0.4, 0.5) is 11.6 Å². The zero-order chi connectivity index (χ0) is 24.3. The second-order valence-electron chi connectivity index (χ2n) is 8.97. The van der Waals surface area contributed by atoms with Gasteiger partial charge in [0, 0.05) is 56.1 Å². The fraction of sp³-hybridized carbons (Fsp3) is 0.214.